The summed E-state index contributed by atoms with van der Waals surface area (Å²) in [6.45, 7) is -1.08. The molecule has 0 unspecified atom stereocenters. The van der Waals surface area contributed by atoms with Crippen LogP contribution in [-0.4, -0.2) is 40.9 Å². The molecular formula is C11H8F6N2O3. The van der Waals surface area contributed by atoms with Crippen molar-refractivity contribution in [3.63, 3.8) is 0 Å². The van der Waals surface area contributed by atoms with Crippen molar-refractivity contribution in [1.29, 1.82) is 0 Å². The summed E-state index contributed by atoms with van der Waals surface area (Å²) in [5.74, 6) is -5.42. The van der Waals surface area contributed by atoms with Crippen LogP contribution in [0.15, 0.2) is 12.1 Å². The predicted molar refractivity (Wildman–Crippen MR) is 60.4 cm³/mol. The van der Waals surface area contributed by atoms with Crippen LogP contribution in [0, 0.1) is 6.92 Å². The molecule has 1 aromatic heterocycles. The van der Waals surface area contributed by atoms with Crippen LogP contribution in [0.2, 0.25) is 0 Å². The van der Waals surface area contributed by atoms with E-state index < -0.39 is 47.1 Å². The number of carbonyl (C=O) groups is 2. The van der Waals surface area contributed by atoms with Crippen molar-refractivity contribution in [2.24, 2.45) is 0 Å². The molecule has 0 aromatic carbocycles. The van der Waals surface area contributed by atoms with Gasteiger partial charge in [-0.1, -0.05) is 0 Å². The summed E-state index contributed by atoms with van der Waals surface area (Å²) >= 11 is 0. The first-order valence-corrected chi connectivity index (χ1v) is 5.48. The Bertz CT molecular complexity index is 596. The first-order valence-electron chi connectivity index (χ1n) is 5.48. The summed E-state index contributed by atoms with van der Waals surface area (Å²) in [5, 5.41) is 8.77. The second kappa shape index (κ2) is 5.81. The van der Waals surface area contributed by atoms with E-state index in [4.69, 9.17) is 5.11 Å². The summed E-state index contributed by atoms with van der Waals surface area (Å²) in [6, 6.07) is 1.40. The van der Waals surface area contributed by atoms with Gasteiger partial charge < -0.3 is 5.11 Å². The lowest BCUT2D eigenvalue weighted by molar-refractivity contribution is -0.174. The van der Waals surface area contributed by atoms with E-state index in [1.807, 2.05) is 0 Å². The summed E-state index contributed by atoms with van der Waals surface area (Å²) in [5.41, 5.74) is -0.748. The molecule has 0 saturated carbocycles. The minimum absolute atomic E-state index is 0.156. The van der Waals surface area contributed by atoms with Crippen molar-refractivity contribution >= 4 is 17.7 Å². The third kappa shape index (κ3) is 4.60. The summed E-state index contributed by atoms with van der Waals surface area (Å²) in [4.78, 5) is 24.7. The van der Waals surface area contributed by atoms with Crippen LogP contribution in [0.25, 0.3) is 0 Å². The number of halogens is 6. The number of anilines is 1. The molecule has 1 aromatic rings. The SMILES string of the molecule is Cc1cc(C(=O)O)cc(N(CC(F)(F)F)C(=O)C(F)(F)F)n1. The highest BCUT2D eigenvalue weighted by molar-refractivity contribution is 5.98. The van der Waals surface area contributed by atoms with Gasteiger partial charge in [-0.05, 0) is 19.1 Å². The number of amides is 1. The Morgan fingerprint density at radius 3 is 2.14 bits per heavy atom. The fraction of sp³-hybridized carbons (Fsp3) is 0.364. The Kier molecular flexibility index (Phi) is 4.68. The van der Waals surface area contributed by atoms with Crippen LogP contribution in [0.3, 0.4) is 0 Å². The van der Waals surface area contributed by atoms with Gasteiger partial charge in [0, 0.05) is 5.69 Å². The second-order valence-electron chi connectivity index (χ2n) is 4.16. The molecule has 5 nitrogen and oxygen atoms in total. The molecule has 0 aliphatic heterocycles. The molecule has 22 heavy (non-hydrogen) atoms. The molecule has 0 saturated heterocycles. The minimum atomic E-state index is -5.57. The maximum Gasteiger partial charge on any atom is 0.471 e. The maximum atomic E-state index is 12.4. The zero-order chi connectivity index (χ0) is 17.3. The number of carboxylic acids is 1. The van der Waals surface area contributed by atoms with E-state index in [0.29, 0.717) is 6.07 Å². The molecule has 122 valence electrons. The summed E-state index contributed by atoms with van der Waals surface area (Å²) in [6.07, 6.45) is -10.7. The van der Waals surface area contributed by atoms with E-state index in [-0.39, 0.29) is 5.69 Å². The van der Waals surface area contributed by atoms with Gasteiger partial charge in [-0.25, -0.2) is 9.78 Å². The molecule has 1 heterocycles. The molecule has 0 bridgehead atoms. The molecule has 0 radical (unpaired) electrons. The van der Waals surface area contributed by atoms with E-state index in [2.05, 4.69) is 4.98 Å². The number of nitrogens with zero attached hydrogens (tertiary/aromatic N) is 2. The van der Waals surface area contributed by atoms with E-state index in [1.165, 1.54) is 6.92 Å². The number of aromatic nitrogens is 1. The molecule has 1 amide bonds. The summed E-state index contributed by atoms with van der Waals surface area (Å²) < 4.78 is 74.4. The van der Waals surface area contributed by atoms with Gasteiger partial charge in [0.2, 0.25) is 0 Å². The lowest BCUT2D eigenvalue weighted by atomic mass is 10.2. The van der Waals surface area contributed by atoms with E-state index in [0.717, 1.165) is 6.07 Å². The Morgan fingerprint density at radius 1 is 1.18 bits per heavy atom. The molecule has 1 N–H and O–H groups in total. The first kappa shape index (κ1) is 17.7. The lowest BCUT2D eigenvalue weighted by Crippen LogP contribution is -2.46. The summed E-state index contributed by atoms with van der Waals surface area (Å²) in [7, 11) is 0. The van der Waals surface area contributed by atoms with Crippen molar-refractivity contribution in [2.75, 3.05) is 11.4 Å². The Balaban J connectivity index is 3.39. The first-order chi connectivity index (χ1) is 9.81. The van der Waals surface area contributed by atoms with Gasteiger partial charge in [-0.15, -0.1) is 0 Å². The van der Waals surface area contributed by atoms with Gasteiger partial charge in [0.15, 0.2) is 0 Å². The Labute approximate surface area is 119 Å². The normalized spacial score (nSPS) is 12.1. The number of alkyl halides is 6. The van der Waals surface area contributed by atoms with E-state index >= 15 is 0 Å². The zero-order valence-electron chi connectivity index (χ0n) is 10.8. The molecule has 0 atom stereocenters. The molecule has 0 fully saturated rings. The van der Waals surface area contributed by atoms with Crippen LogP contribution in [-0.2, 0) is 4.79 Å². The number of carbonyl (C=O) groups excluding carboxylic acids is 1. The standard InChI is InChI=1S/C11H8F6N2O3/c1-5-2-6(8(20)21)3-7(18-5)19(4-10(12,13)14)9(22)11(15,16)17/h2-3H,4H2,1H3,(H,20,21). The molecular weight excluding hydrogens is 322 g/mol. The molecule has 0 spiro atoms. The Morgan fingerprint density at radius 2 is 1.73 bits per heavy atom. The highest BCUT2D eigenvalue weighted by Crippen LogP contribution is 2.27. The number of hydrogen-bond acceptors (Lipinski definition) is 3. The lowest BCUT2D eigenvalue weighted by Gasteiger charge is -2.24. The number of aryl methyl sites for hydroxylation is 1. The van der Waals surface area contributed by atoms with Gasteiger partial charge in [0.1, 0.15) is 12.4 Å². The molecule has 11 heteroatoms. The molecule has 0 aliphatic rings. The second-order valence-corrected chi connectivity index (χ2v) is 4.16. The fourth-order valence-corrected chi connectivity index (χ4v) is 1.50. The van der Waals surface area contributed by atoms with Gasteiger partial charge in [0.25, 0.3) is 0 Å². The fourth-order valence-electron chi connectivity index (χ4n) is 1.50. The minimum Gasteiger partial charge on any atom is -0.478 e. The average molecular weight is 330 g/mol. The van der Waals surface area contributed by atoms with E-state index in [1.54, 1.807) is 0 Å². The highest BCUT2D eigenvalue weighted by Gasteiger charge is 2.47. The van der Waals surface area contributed by atoms with Crippen molar-refractivity contribution in [3.05, 3.63) is 23.4 Å². The number of carboxylic acid groups (broad SMARTS) is 1. The highest BCUT2D eigenvalue weighted by atomic mass is 19.4. The van der Waals surface area contributed by atoms with Gasteiger partial charge in [-0.3, -0.25) is 9.69 Å². The van der Waals surface area contributed by atoms with Crippen molar-refractivity contribution in [1.82, 2.24) is 4.98 Å². The average Bonchev–Trinajstić information content (AvgIpc) is 2.32. The van der Waals surface area contributed by atoms with Crippen LogP contribution in [0.1, 0.15) is 16.1 Å². The van der Waals surface area contributed by atoms with E-state index in [9.17, 15) is 35.9 Å². The number of pyridine rings is 1. The quantitative estimate of drug-likeness (QED) is 0.865. The smallest absolute Gasteiger partial charge is 0.471 e. The van der Waals surface area contributed by atoms with Crippen molar-refractivity contribution in [2.45, 2.75) is 19.3 Å². The molecule has 1 rings (SSSR count). The van der Waals surface area contributed by atoms with Crippen molar-refractivity contribution < 1.29 is 41.0 Å². The van der Waals surface area contributed by atoms with Crippen LogP contribution in [0.4, 0.5) is 32.2 Å². The predicted octanol–water partition coefficient (Wildman–Crippen LogP) is 2.55. The van der Waals surface area contributed by atoms with Crippen LogP contribution < -0.4 is 4.90 Å². The van der Waals surface area contributed by atoms with Gasteiger partial charge in [0.05, 0.1) is 5.56 Å². The number of rotatable bonds is 3. The van der Waals surface area contributed by atoms with Crippen molar-refractivity contribution in [3.8, 4) is 0 Å². The monoisotopic (exact) mass is 330 g/mol. The third-order valence-corrected chi connectivity index (χ3v) is 2.29. The number of hydrogen-bond donors (Lipinski definition) is 1. The zero-order valence-corrected chi connectivity index (χ0v) is 10.8. The molecule has 0 aliphatic carbocycles. The third-order valence-electron chi connectivity index (χ3n) is 2.29. The van der Waals surface area contributed by atoms with Crippen LogP contribution >= 0.6 is 0 Å². The largest absolute Gasteiger partial charge is 0.478 e. The maximum absolute atomic E-state index is 12.4. The number of aromatic carboxylic acids is 1. The van der Waals surface area contributed by atoms with Gasteiger partial charge >= 0.3 is 24.2 Å². The topological polar surface area (TPSA) is 70.5 Å². The van der Waals surface area contributed by atoms with Gasteiger partial charge in [-0.2, -0.15) is 26.3 Å². The Hall–Kier alpha value is -2.33. The van der Waals surface area contributed by atoms with Crippen LogP contribution in [0.5, 0.6) is 0 Å².